The van der Waals surface area contributed by atoms with Gasteiger partial charge in [-0.1, -0.05) is 29.8 Å². The minimum atomic E-state index is -3.81. The van der Waals surface area contributed by atoms with Gasteiger partial charge in [-0.3, -0.25) is 9.71 Å². The Morgan fingerprint density at radius 2 is 1.89 bits per heavy atom. The first-order chi connectivity index (χ1) is 16.9. The second-order valence-electron chi connectivity index (χ2n) is 7.56. The molecular weight excluding hydrogens is 509 g/mol. The number of thiazole rings is 1. The Hall–Kier alpha value is -3.53. The van der Waals surface area contributed by atoms with Crippen molar-refractivity contribution >= 4 is 49.6 Å². The van der Waals surface area contributed by atoms with Crippen LogP contribution in [0.4, 0.5) is 10.2 Å². The molecule has 0 spiro atoms. The van der Waals surface area contributed by atoms with Gasteiger partial charge in [-0.05, 0) is 53.4 Å². The normalized spacial score (nSPS) is 11.5. The van der Waals surface area contributed by atoms with E-state index in [1.807, 2.05) is 0 Å². The van der Waals surface area contributed by atoms with Gasteiger partial charge in [0, 0.05) is 33.1 Å². The van der Waals surface area contributed by atoms with Gasteiger partial charge < -0.3 is 4.74 Å². The highest BCUT2D eigenvalue weighted by atomic mass is 35.5. The summed E-state index contributed by atoms with van der Waals surface area (Å²) in [5.74, 6) is 0.395. The van der Waals surface area contributed by atoms with E-state index in [4.69, 9.17) is 16.3 Å². The van der Waals surface area contributed by atoms with E-state index >= 15 is 0 Å². The summed E-state index contributed by atoms with van der Waals surface area (Å²) in [6.07, 6.45) is 1.59. The van der Waals surface area contributed by atoms with Gasteiger partial charge in [-0.2, -0.15) is 0 Å². The van der Waals surface area contributed by atoms with Crippen molar-refractivity contribution in [1.29, 1.82) is 0 Å². The molecule has 0 aliphatic heterocycles. The summed E-state index contributed by atoms with van der Waals surface area (Å²) in [5.41, 5.74) is 3.98. The molecule has 0 bridgehead atoms. The summed E-state index contributed by atoms with van der Waals surface area (Å²) < 4.78 is 47.5. The van der Waals surface area contributed by atoms with E-state index in [1.165, 1.54) is 36.6 Å². The van der Waals surface area contributed by atoms with E-state index in [2.05, 4.69) is 14.7 Å². The zero-order valence-corrected chi connectivity index (χ0v) is 20.6. The molecule has 1 N–H and O–H groups in total. The van der Waals surface area contributed by atoms with Gasteiger partial charge in [0.05, 0.1) is 23.2 Å². The number of benzene rings is 3. The fraction of sp³-hybridized carbons (Fsp3) is 0.0400. The number of nitrogens with zero attached hydrogens (tertiary/aromatic N) is 2. The quantitative estimate of drug-likeness (QED) is 0.269. The lowest BCUT2D eigenvalue weighted by Gasteiger charge is -2.15. The van der Waals surface area contributed by atoms with Crippen LogP contribution in [0.15, 0.2) is 82.6 Å². The van der Waals surface area contributed by atoms with Crippen LogP contribution in [-0.2, 0) is 10.0 Å². The predicted octanol–water partition coefficient (Wildman–Crippen LogP) is 6.63. The SMILES string of the molecule is COc1cc(-c2cccc(F)c2)c(Cl)cc1-c1nccc2cc(S(=O)(=O)Nc3cscn3)ccc12. The van der Waals surface area contributed by atoms with Crippen molar-refractivity contribution in [3.05, 3.63) is 88.6 Å². The van der Waals surface area contributed by atoms with Gasteiger partial charge >= 0.3 is 0 Å². The van der Waals surface area contributed by atoms with Gasteiger partial charge in [-0.15, -0.1) is 11.3 Å². The molecule has 0 aliphatic rings. The molecule has 0 saturated heterocycles. The molecule has 0 amide bonds. The van der Waals surface area contributed by atoms with Crippen molar-refractivity contribution in [2.45, 2.75) is 4.90 Å². The number of halogens is 2. The summed E-state index contributed by atoms with van der Waals surface area (Å²) in [6.45, 7) is 0. The number of pyridine rings is 1. The summed E-state index contributed by atoms with van der Waals surface area (Å²) in [5, 5.41) is 3.40. The molecule has 2 heterocycles. The Kier molecular flexibility index (Phi) is 6.14. The first-order valence-electron chi connectivity index (χ1n) is 10.3. The molecule has 0 saturated carbocycles. The smallest absolute Gasteiger partial charge is 0.263 e. The van der Waals surface area contributed by atoms with Crippen LogP contribution in [0, 0.1) is 5.82 Å². The van der Waals surface area contributed by atoms with Crippen molar-refractivity contribution in [3.63, 3.8) is 0 Å². The maximum absolute atomic E-state index is 13.8. The van der Waals surface area contributed by atoms with E-state index in [1.54, 1.807) is 59.6 Å². The molecule has 0 unspecified atom stereocenters. The number of rotatable bonds is 6. The molecule has 0 aliphatic carbocycles. The molecule has 5 rings (SSSR count). The number of anilines is 1. The highest BCUT2D eigenvalue weighted by Crippen LogP contribution is 2.41. The molecule has 35 heavy (non-hydrogen) atoms. The van der Waals surface area contributed by atoms with Crippen LogP contribution in [0.25, 0.3) is 33.2 Å². The Labute approximate surface area is 210 Å². The topological polar surface area (TPSA) is 81.2 Å². The van der Waals surface area contributed by atoms with Crippen molar-refractivity contribution < 1.29 is 17.5 Å². The average molecular weight is 526 g/mol. The van der Waals surface area contributed by atoms with Crippen LogP contribution < -0.4 is 9.46 Å². The zero-order chi connectivity index (χ0) is 24.6. The maximum Gasteiger partial charge on any atom is 0.263 e. The Morgan fingerprint density at radius 3 is 2.63 bits per heavy atom. The molecule has 176 valence electrons. The number of ether oxygens (including phenoxy) is 1. The van der Waals surface area contributed by atoms with Crippen molar-refractivity contribution in [2.75, 3.05) is 11.8 Å². The van der Waals surface area contributed by atoms with E-state index in [-0.39, 0.29) is 16.5 Å². The van der Waals surface area contributed by atoms with Crippen molar-refractivity contribution in [3.8, 4) is 28.1 Å². The highest BCUT2D eigenvalue weighted by Gasteiger charge is 2.19. The van der Waals surface area contributed by atoms with Crippen LogP contribution in [0.2, 0.25) is 5.02 Å². The number of hydrogen-bond acceptors (Lipinski definition) is 6. The van der Waals surface area contributed by atoms with Gasteiger partial charge in [0.25, 0.3) is 10.0 Å². The number of aromatic nitrogens is 2. The lowest BCUT2D eigenvalue weighted by atomic mass is 9.98. The summed E-state index contributed by atoms with van der Waals surface area (Å²) >= 11 is 7.90. The average Bonchev–Trinajstić information content (AvgIpc) is 3.35. The van der Waals surface area contributed by atoms with E-state index in [9.17, 15) is 12.8 Å². The maximum atomic E-state index is 13.8. The van der Waals surface area contributed by atoms with E-state index < -0.39 is 10.0 Å². The summed E-state index contributed by atoms with van der Waals surface area (Å²) in [6, 6.07) is 16.1. The fourth-order valence-electron chi connectivity index (χ4n) is 3.78. The number of methoxy groups -OCH3 is 1. The Bertz CT molecular complexity index is 1660. The van der Waals surface area contributed by atoms with E-state index in [0.29, 0.717) is 43.9 Å². The lowest BCUT2D eigenvalue weighted by molar-refractivity contribution is 0.416. The van der Waals surface area contributed by atoms with Crippen LogP contribution in [0.5, 0.6) is 5.75 Å². The molecule has 10 heteroatoms. The molecular formula is C25H17ClFN3O3S2. The first-order valence-corrected chi connectivity index (χ1v) is 13.1. The van der Waals surface area contributed by atoms with Gasteiger partial charge in [0.1, 0.15) is 11.6 Å². The standard InChI is InChI=1S/C25H17ClFN3O3S2/c1-33-23-12-20(15-3-2-4-17(27)9-15)22(26)11-21(23)25-19-6-5-18(10-16(19)7-8-28-25)35(31,32)30-24-13-34-14-29-24/h2-14,30H,1H3. The zero-order valence-electron chi connectivity index (χ0n) is 18.2. The molecule has 0 fully saturated rings. The molecule has 2 aromatic heterocycles. The molecule has 6 nitrogen and oxygen atoms in total. The molecule has 3 aromatic carbocycles. The molecule has 0 radical (unpaired) electrons. The molecule has 0 atom stereocenters. The van der Waals surface area contributed by atoms with Crippen LogP contribution >= 0.6 is 22.9 Å². The first kappa shape index (κ1) is 23.2. The molecule has 5 aromatic rings. The third-order valence-corrected chi connectivity index (χ3v) is 7.65. The lowest BCUT2D eigenvalue weighted by Crippen LogP contribution is -2.13. The number of fused-ring (bicyclic) bond motifs is 1. The number of sulfonamides is 1. The van der Waals surface area contributed by atoms with Crippen LogP contribution in [-0.4, -0.2) is 25.5 Å². The van der Waals surface area contributed by atoms with E-state index in [0.717, 1.165) is 0 Å². The third kappa shape index (κ3) is 4.58. The minimum absolute atomic E-state index is 0.0987. The predicted molar refractivity (Wildman–Crippen MR) is 137 cm³/mol. The number of nitrogens with one attached hydrogen (secondary N) is 1. The summed E-state index contributed by atoms with van der Waals surface area (Å²) in [7, 11) is -2.28. The summed E-state index contributed by atoms with van der Waals surface area (Å²) in [4.78, 5) is 8.60. The third-order valence-electron chi connectivity index (χ3n) is 5.40. The second kappa shape index (κ2) is 9.26. The number of hydrogen-bond donors (Lipinski definition) is 1. The Morgan fingerprint density at radius 1 is 1.03 bits per heavy atom. The highest BCUT2D eigenvalue weighted by molar-refractivity contribution is 7.92. The largest absolute Gasteiger partial charge is 0.496 e. The van der Waals surface area contributed by atoms with Crippen molar-refractivity contribution in [2.24, 2.45) is 0 Å². The fourth-order valence-corrected chi connectivity index (χ4v) is 5.65. The van der Waals surface area contributed by atoms with Crippen LogP contribution in [0.3, 0.4) is 0 Å². The van der Waals surface area contributed by atoms with Crippen LogP contribution in [0.1, 0.15) is 0 Å². The Balaban J connectivity index is 1.60. The van der Waals surface area contributed by atoms with Gasteiger partial charge in [0.15, 0.2) is 5.82 Å². The van der Waals surface area contributed by atoms with Crippen molar-refractivity contribution in [1.82, 2.24) is 9.97 Å². The monoisotopic (exact) mass is 525 g/mol. The van der Waals surface area contributed by atoms with Gasteiger partial charge in [0.2, 0.25) is 0 Å². The minimum Gasteiger partial charge on any atom is -0.496 e. The second-order valence-corrected chi connectivity index (χ2v) is 10.4. The van der Waals surface area contributed by atoms with Gasteiger partial charge in [-0.25, -0.2) is 17.8 Å².